The lowest BCUT2D eigenvalue weighted by atomic mass is 9.92. The first-order valence-electron chi connectivity index (χ1n) is 11.3. The Morgan fingerprint density at radius 1 is 1.41 bits per heavy atom. The van der Waals surface area contributed by atoms with Crippen molar-refractivity contribution >= 4 is 5.91 Å². The van der Waals surface area contributed by atoms with Crippen molar-refractivity contribution in [3.63, 3.8) is 0 Å². The van der Waals surface area contributed by atoms with Crippen LogP contribution in [0.4, 0.5) is 4.39 Å². The molecule has 1 aliphatic heterocycles. The molecule has 2 unspecified atom stereocenters. The summed E-state index contributed by atoms with van der Waals surface area (Å²) in [5.41, 5.74) is 3.13. The van der Waals surface area contributed by atoms with E-state index < -0.39 is 0 Å². The normalized spacial score (nSPS) is 17.3. The lowest BCUT2D eigenvalue weighted by molar-refractivity contribution is 0.0933. The average Bonchev–Trinajstić information content (AvgIpc) is 3.20. The molecule has 0 saturated heterocycles. The fraction of sp³-hybridized carbons (Fsp3) is 0.407. The van der Waals surface area contributed by atoms with Gasteiger partial charge in [0.15, 0.2) is 0 Å². The van der Waals surface area contributed by atoms with Crippen molar-refractivity contribution in [2.45, 2.75) is 66.0 Å². The summed E-state index contributed by atoms with van der Waals surface area (Å²) in [6.45, 7) is 16.1. The number of carbonyl (C=O) groups is 1. The Hall–Kier alpha value is -2.95. The van der Waals surface area contributed by atoms with Gasteiger partial charge in [-0.25, -0.2) is 9.37 Å². The van der Waals surface area contributed by atoms with E-state index in [0.717, 1.165) is 42.7 Å². The zero-order chi connectivity index (χ0) is 23.7. The molecule has 2 rings (SSSR count). The van der Waals surface area contributed by atoms with Crippen LogP contribution in [0.5, 0.6) is 0 Å². The predicted molar refractivity (Wildman–Crippen MR) is 131 cm³/mol. The highest BCUT2D eigenvalue weighted by atomic mass is 19.1. The van der Waals surface area contributed by atoms with Crippen molar-refractivity contribution in [3.8, 4) is 0 Å². The van der Waals surface area contributed by atoms with Crippen LogP contribution in [0.2, 0.25) is 0 Å². The molecule has 32 heavy (non-hydrogen) atoms. The topological polar surface area (TPSA) is 46.9 Å². The van der Waals surface area contributed by atoms with Gasteiger partial charge in [-0.15, -0.1) is 0 Å². The van der Waals surface area contributed by atoms with Crippen LogP contribution in [-0.4, -0.2) is 21.5 Å². The number of hydrogen-bond donors (Lipinski definition) is 1. The molecule has 4 nitrogen and oxygen atoms in total. The maximum absolute atomic E-state index is 13.7. The summed E-state index contributed by atoms with van der Waals surface area (Å²) in [7, 11) is 0. The van der Waals surface area contributed by atoms with Crippen LogP contribution in [-0.2, 0) is 13.0 Å². The van der Waals surface area contributed by atoms with Crippen LogP contribution in [0.25, 0.3) is 0 Å². The Balaban J connectivity index is 1.95. The third-order valence-corrected chi connectivity index (χ3v) is 5.68. The Morgan fingerprint density at radius 3 is 2.81 bits per heavy atom. The van der Waals surface area contributed by atoms with E-state index in [1.54, 1.807) is 19.9 Å². The predicted octanol–water partition coefficient (Wildman–Crippen LogP) is 6.41. The summed E-state index contributed by atoms with van der Waals surface area (Å²) in [5.74, 6) is 0.734. The van der Waals surface area contributed by atoms with Gasteiger partial charge in [0.1, 0.15) is 17.3 Å². The van der Waals surface area contributed by atoms with Gasteiger partial charge in [0.25, 0.3) is 5.91 Å². The molecule has 1 aromatic heterocycles. The number of aromatic nitrogens is 2. The van der Waals surface area contributed by atoms with E-state index >= 15 is 0 Å². The molecule has 0 aromatic carbocycles. The Morgan fingerprint density at radius 2 is 2.16 bits per heavy atom. The molecule has 0 bridgehead atoms. The van der Waals surface area contributed by atoms with Gasteiger partial charge < -0.3 is 9.88 Å². The molecule has 1 aliphatic rings. The standard InChI is InChI=1S/C27H36FN3O/c1-7-9-10-22(8-2)13-12-21(6)29-27(32)25-18-31-17-23(14-16-26(31)30-25)20(5)11-15-24(28)19(3)4/h7-11,15,18,21,23H,2,5,12-14,16-17H2,1,3-4,6H3,(H,29,32)/b9-7-,15-11-,22-10+. The van der Waals surface area contributed by atoms with Crippen molar-refractivity contribution in [2.24, 2.45) is 5.92 Å². The van der Waals surface area contributed by atoms with Gasteiger partial charge in [0.2, 0.25) is 0 Å². The first kappa shape index (κ1) is 25.3. The van der Waals surface area contributed by atoms with Crippen LogP contribution >= 0.6 is 0 Å². The number of carbonyl (C=O) groups excluding carboxylic acids is 1. The molecule has 0 saturated carbocycles. The lowest BCUT2D eigenvalue weighted by Crippen LogP contribution is -2.32. The molecule has 2 heterocycles. The Labute approximate surface area is 192 Å². The number of nitrogens with zero attached hydrogens (tertiary/aromatic N) is 2. The second-order valence-corrected chi connectivity index (χ2v) is 8.57. The molecule has 0 radical (unpaired) electrons. The second kappa shape index (κ2) is 12.2. The van der Waals surface area contributed by atoms with Gasteiger partial charge in [-0.3, -0.25) is 4.79 Å². The molecule has 0 aliphatic carbocycles. The third-order valence-electron chi connectivity index (χ3n) is 5.68. The smallest absolute Gasteiger partial charge is 0.271 e. The number of amides is 1. The van der Waals surface area contributed by atoms with Gasteiger partial charge in [-0.05, 0) is 64.2 Å². The highest BCUT2D eigenvalue weighted by Crippen LogP contribution is 2.26. The van der Waals surface area contributed by atoms with Gasteiger partial charge in [0.05, 0.1) is 0 Å². The number of nitrogens with one attached hydrogen (secondary N) is 1. The molecular weight excluding hydrogens is 401 g/mol. The summed E-state index contributed by atoms with van der Waals surface area (Å²) in [5, 5.41) is 3.05. The van der Waals surface area contributed by atoms with Gasteiger partial charge in [-0.2, -0.15) is 0 Å². The van der Waals surface area contributed by atoms with E-state index in [9.17, 15) is 9.18 Å². The van der Waals surface area contributed by atoms with E-state index in [2.05, 4.69) is 23.5 Å². The molecule has 1 amide bonds. The highest BCUT2D eigenvalue weighted by Gasteiger charge is 2.23. The van der Waals surface area contributed by atoms with Crippen LogP contribution in [0.1, 0.15) is 63.3 Å². The maximum atomic E-state index is 13.7. The number of hydrogen-bond acceptors (Lipinski definition) is 2. The van der Waals surface area contributed by atoms with Crippen LogP contribution in [0, 0.1) is 5.92 Å². The van der Waals surface area contributed by atoms with Crippen molar-refractivity contribution in [3.05, 3.63) is 89.9 Å². The number of imidazole rings is 1. The lowest BCUT2D eigenvalue weighted by Gasteiger charge is -2.24. The largest absolute Gasteiger partial charge is 0.348 e. The van der Waals surface area contributed by atoms with Gasteiger partial charge in [-0.1, -0.05) is 49.1 Å². The number of rotatable bonds is 10. The number of aryl methyl sites for hydroxylation is 1. The van der Waals surface area contributed by atoms with Gasteiger partial charge in [0, 0.05) is 31.1 Å². The molecular formula is C27H36FN3O. The molecule has 5 heteroatoms. The SMILES string of the molecule is C=C/C(=C\C=C/C)CCC(C)NC(=O)c1cn2c(n1)CCC(C(=C)/C=C\C(F)=C(C)C)C2. The fourth-order valence-corrected chi connectivity index (χ4v) is 3.57. The minimum absolute atomic E-state index is 0.0258. The summed E-state index contributed by atoms with van der Waals surface area (Å²) in [6, 6.07) is 0.0258. The minimum atomic E-state index is -0.226. The zero-order valence-electron chi connectivity index (χ0n) is 19.8. The first-order valence-corrected chi connectivity index (χ1v) is 11.3. The van der Waals surface area contributed by atoms with E-state index in [1.807, 2.05) is 48.9 Å². The quantitative estimate of drug-likeness (QED) is 0.430. The first-order chi connectivity index (χ1) is 15.2. The van der Waals surface area contributed by atoms with Crippen molar-refractivity contribution in [2.75, 3.05) is 0 Å². The summed E-state index contributed by atoms with van der Waals surface area (Å²) in [4.78, 5) is 17.3. The Kier molecular flexibility index (Phi) is 9.63. The summed E-state index contributed by atoms with van der Waals surface area (Å²) in [6.07, 6.45) is 16.2. The van der Waals surface area contributed by atoms with Gasteiger partial charge >= 0.3 is 0 Å². The molecule has 1 aromatic rings. The monoisotopic (exact) mass is 437 g/mol. The van der Waals surface area contributed by atoms with E-state index in [-0.39, 0.29) is 23.7 Å². The average molecular weight is 438 g/mol. The molecule has 1 N–H and O–H groups in total. The number of allylic oxidation sites excluding steroid dienone is 10. The second-order valence-electron chi connectivity index (χ2n) is 8.57. The molecule has 0 fully saturated rings. The maximum Gasteiger partial charge on any atom is 0.271 e. The van der Waals surface area contributed by atoms with Crippen LogP contribution < -0.4 is 5.32 Å². The van der Waals surface area contributed by atoms with Crippen molar-refractivity contribution in [1.29, 1.82) is 0 Å². The summed E-state index contributed by atoms with van der Waals surface area (Å²) < 4.78 is 15.8. The Bertz CT molecular complexity index is 958. The van der Waals surface area contributed by atoms with Crippen LogP contribution in [0.15, 0.2) is 78.4 Å². The molecule has 172 valence electrons. The molecule has 0 spiro atoms. The fourth-order valence-electron chi connectivity index (χ4n) is 3.57. The zero-order valence-corrected chi connectivity index (χ0v) is 19.8. The summed E-state index contributed by atoms with van der Waals surface area (Å²) >= 11 is 0. The van der Waals surface area contributed by atoms with Crippen molar-refractivity contribution < 1.29 is 9.18 Å². The number of halogens is 1. The minimum Gasteiger partial charge on any atom is -0.348 e. The van der Waals surface area contributed by atoms with Crippen molar-refractivity contribution in [1.82, 2.24) is 14.9 Å². The van der Waals surface area contributed by atoms with E-state index in [0.29, 0.717) is 17.8 Å². The van der Waals surface area contributed by atoms with E-state index in [4.69, 9.17) is 0 Å². The van der Waals surface area contributed by atoms with Crippen LogP contribution in [0.3, 0.4) is 0 Å². The number of fused-ring (bicyclic) bond motifs is 1. The third kappa shape index (κ3) is 7.33. The highest BCUT2D eigenvalue weighted by molar-refractivity contribution is 5.92. The van der Waals surface area contributed by atoms with E-state index in [1.165, 1.54) is 6.08 Å². The molecule has 2 atom stereocenters.